The van der Waals surface area contributed by atoms with Gasteiger partial charge in [0.15, 0.2) is 5.65 Å². The molecule has 0 spiro atoms. The molecule has 1 N–H and O–H groups in total. The predicted octanol–water partition coefficient (Wildman–Crippen LogP) is 2.51. The lowest BCUT2D eigenvalue weighted by Crippen LogP contribution is -2.23. The van der Waals surface area contributed by atoms with Crippen LogP contribution in [0.25, 0.3) is 16.7 Å². The molecule has 1 fully saturated rings. The van der Waals surface area contributed by atoms with Gasteiger partial charge in [-0.1, -0.05) is 11.6 Å². The first kappa shape index (κ1) is 16.1. The second-order valence-electron chi connectivity index (χ2n) is 6.10. The minimum Gasteiger partial charge on any atom is -0.380 e. The zero-order chi connectivity index (χ0) is 17.4. The number of aromatic amines is 1. The molecule has 8 heteroatoms. The van der Waals surface area contributed by atoms with Crippen molar-refractivity contribution in [1.82, 2.24) is 19.7 Å². The quantitative estimate of drug-likeness (QED) is 0.774. The SMILES string of the molecule is COCc1cc(Cl)ccc1-n1cc2c(=O)[nH]c(N3CCCC3)nc2n1. The first-order chi connectivity index (χ1) is 12.2. The molecule has 25 heavy (non-hydrogen) atoms. The summed E-state index contributed by atoms with van der Waals surface area (Å²) >= 11 is 6.08. The van der Waals surface area contributed by atoms with Gasteiger partial charge in [-0.05, 0) is 31.0 Å². The topological polar surface area (TPSA) is 76.0 Å². The fraction of sp³-hybridized carbons (Fsp3) is 0.353. The van der Waals surface area contributed by atoms with E-state index in [4.69, 9.17) is 16.3 Å². The fourth-order valence-corrected chi connectivity index (χ4v) is 3.35. The van der Waals surface area contributed by atoms with E-state index in [1.165, 1.54) is 0 Å². The minimum atomic E-state index is -0.180. The van der Waals surface area contributed by atoms with E-state index in [0.717, 1.165) is 37.2 Å². The summed E-state index contributed by atoms with van der Waals surface area (Å²) in [4.78, 5) is 21.9. The van der Waals surface area contributed by atoms with Crippen LogP contribution >= 0.6 is 11.6 Å². The second kappa shape index (κ2) is 6.50. The number of nitrogens with zero attached hydrogens (tertiary/aromatic N) is 4. The van der Waals surface area contributed by atoms with Crippen molar-refractivity contribution in [3.8, 4) is 5.69 Å². The highest BCUT2D eigenvalue weighted by Crippen LogP contribution is 2.22. The number of anilines is 1. The van der Waals surface area contributed by atoms with Gasteiger partial charge >= 0.3 is 0 Å². The van der Waals surface area contributed by atoms with Crippen molar-refractivity contribution in [3.05, 3.63) is 45.3 Å². The number of hydrogen-bond acceptors (Lipinski definition) is 5. The molecule has 1 aliphatic rings. The summed E-state index contributed by atoms with van der Waals surface area (Å²) in [5.74, 6) is 0.591. The van der Waals surface area contributed by atoms with Crippen LogP contribution in [0.4, 0.5) is 5.95 Å². The van der Waals surface area contributed by atoms with Gasteiger partial charge in [-0.15, -0.1) is 5.10 Å². The average molecular weight is 360 g/mol. The van der Waals surface area contributed by atoms with Crippen molar-refractivity contribution in [2.24, 2.45) is 0 Å². The highest BCUT2D eigenvalue weighted by atomic mass is 35.5. The van der Waals surface area contributed by atoms with Crippen LogP contribution in [-0.2, 0) is 11.3 Å². The Balaban J connectivity index is 1.82. The van der Waals surface area contributed by atoms with Gasteiger partial charge in [0.2, 0.25) is 5.95 Å². The Hall–Kier alpha value is -2.38. The van der Waals surface area contributed by atoms with E-state index in [2.05, 4.69) is 20.0 Å². The molecule has 0 bridgehead atoms. The number of rotatable bonds is 4. The molecule has 0 amide bonds. The highest BCUT2D eigenvalue weighted by molar-refractivity contribution is 6.30. The molecule has 130 valence electrons. The first-order valence-electron chi connectivity index (χ1n) is 8.18. The third-order valence-electron chi connectivity index (χ3n) is 4.37. The van der Waals surface area contributed by atoms with E-state index in [1.807, 2.05) is 12.1 Å². The van der Waals surface area contributed by atoms with Crippen molar-refractivity contribution in [3.63, 3.8) is 0 Å². The summed E-state index contributed by atoms with van der Waals surface area (Å²) in [5.41, 5.74) is 1.95. The molecule has 1 saturated heterocycles. The van der Waals surface area contributed by atoms with Gasteiger partial charge in [0, 0.05) is 37.0 Å². The second-order valence-corrected chi connectivity index (χ2v) is 6.54. The number of hydrogen-bond donors (Lipinski definition) is 1. The van der Waals surface area contributed by atoms with Crippen molar-refractivity contribution in [1.29, 1.82) is 0 Å². The maximum Gasteiger partial charge on any atom is 0.263 e. The molecule has 1 aromatic carbocycles. The maximum atomic E-state index is 12.4. The lowest BCUT2D eigenvalue weighted by atomic mass is 10.2. The molecule has 0 unspecified atom stereocenters. The van der Waals surface area contributed by atoms with E-state index in [1.54, 1.807) is 24.1 Å². The summed E-state index contributed by atoms with van der Waals surface area (Å²) in [5, 5.41) is 5.59. The monoisotopic (exact) mass is 359 g/mol. The number of H-pyrrole nitrogens is 1. The molecule has 4 rings (SSSR count). The standard InChI is InChI=1S/C17H18ClN5O2/c1-25-10-11-8-12(18)4-5-14(11)23-9-13-15(21-23)19-17(20-16(13)24)22-6-2-3-7-22/h4-5,8-9H,2-3,6-7,10H2,1H3,(H,19,20,21,24). The zero-order valence-electron chi connectivity index (χ0n) is 13.8. The Bertz CT molecular complexity index is 975. The first-order valence-corrected chi connectivity index (χ1v) is 8.56. The van der Waals surface area contributed by atoms with E-state index in [0.29, 0.717) is 28.6 Å². The third kappa shape index (κ3) is 3.01. The number of methoxy groups -OCH3 is 1. The van der Waals surface area contributed by atoms with E-state index >= 15 is 0 Å². The highest BCUT2D eigenvalue weighted by Gasteiger charge is 2.18. The van der Waals surface area contributed by atoms with Crippen LogP contribution in [0.2, 0.25) is 5.02 Å². The largest absolute Gasteiger partial charge is 0.380 e. The fourth-order valence-electron chi connectivity index (χ4n) is 3.16. The normalized spacial score (nSPS) is 14.6. The van der Waals surface area contributed by atoms with Crippen LogP contribution in [0.1, 0.15) is 18.4 Å². The van der Waals surface area contributed by atoms with Gasteiger partial charge in [0.25, 0.3) is 5.56 Å². The van der Waals surface area contributed by atoms with E-state index in [-0.39, 0.29) is 5.56 Å². The minimum absolute atomic E-state index is 0.180. The molecule has 2 aromatic heterocycles. The van der Waals surface area contributed by atoms with Crippen molar-refractivity contribution >= 4 is 28.6 Å². The van der Waals surface area contributed by atoms with Crippen LogP contribution in [0.15, 0.2) is 29.2 Å². The zero-order valence-corrected chi connectivity index (χ0v) is 14.6. The number of aromatic nitrogens is 4. The summed E-state index contributed by atoms with van der Waals surface area (Å²) < 4.78 is 6.90. The van der Waals surface area contributed by atoms with Crippen LogP contribution in [0.3, 0.4) is 0 Å². The maximum absolute atomic E-state index is 12.4. The van der Waals surface area contributed by atoms with Crippen molar-refractivity contribution in [2.75, 3.05) is 25.1 Å². The predicted molar refractivity (Wildman–Crippen MR) is 96.7 cm³/mol. The summed E-state index contributed by atoms with van der Waals surface area (Å²) in [6, 6.07) is 5.48. The Labute approximate surface area is 149 Å². The lowest BCUT2D eigenvalue weighted by Gasteiger charge is -2.14. The Morgan fingerprint density at radius 2 is 2.12 bits per heavy atom. The van der Waals surface area contributed by atoms with Crippen LogP contribution < -0.4 is 10.5 Å². The van der Waals surface area contributed by atoms with Gasteiger partial charge in [-0.3, -0.25) is 9.78 Å². The van der Waals surface area contributed by atoms with Crippen LogP contribution in [-0.4, -0.2) is 39.9 Å². The van der Waals surface area contributed by atoms with Crippen LogP contribution in [0, 0.1) is 0 Å². The third-order valence-corrected chi connectivity index (χ3v) is 4.61. The molecule has 0 radical (unpaired) electrons. The van der Waals surface area contributed by atoms with Gasteiger partial charge in [0.1, 0.15) is 5.39 Å². The summed E-state index contributed by atoms with van der Waals surface area (Å²) in [6.45, 7) is 2.21. The summed E-state index contributed by atoms with van der Waals surface area (Å²) in [7, 11) is 1.62. The van der Waals surface area contributed by atoms with Gasteiger partial charge in [-0.2, -0.15) is 4.98 Å². The molecule has 0 aliphatic carbocycles. The molecular weight excluding hydrogens is 342 g/mol. The molecule has 1 aliphatic heterocycles. The Morgan fingerprint density at radius 3 is 2.88 bits per heavy atom. The summed E-state index contributed by atoms with van der Waals surface area (Å²) in [6.07, 6.45) is 3.92. The smallest absolute Gasteiger partial charge is 0.263 e. The number of nitrogens with one attached hydrogen (secondary N) is 1. The molecule has 3 aromatic rings. The average Bonchev–Trinajstić information content (AvgIpc) is 3.25. The lowest BCUT2D eigenvalue weighted by molar-refractivity contribution is 0.184. The molecule has 0 saturated carbocycles. The molecule has 3 heterocycles. The van der Waals surface area contributed by atoms with Gasteiger partial charge < -0.3 is 9.64 Å². The molecular formula is C17H18ClN5O2. The number of benzene rings is 1. The number of fused-ring (bicyclic) bond motifs is 1. The molecule has 7 nitrogen and oxygen atoms in total. The van der Waals surface area contributed by atoms with E-state index in [9.17, 15) is 4.79 Å². The van der Waals surface area contributed by atoms with E-state index < -0.39 is 0 Å². The van der Waals surface area contributed by atoms with Crippen molar-refractivity contribution in [2.45, 2.75) is 19.4 Å². The Morgan fingerprint density at radius 1 is 1.32 bits per heavy atom. The number of ether oxygens (including phenoxy) is 1. The Kier molecular flexibility index (Phi) is 4.19. The number of halogens is 1. The molecule has 0 atom stereocenters. The van der Waals surface area contributed by atoms with Crippen LogP contribution in [0.5, 0.6) is 0 Å². The van der Waals surface area contributed by atoms with Gasteiger partial charge in [0.05, 0.1) is 12.3 Å². The van der Waals surface area contributed by atoms with Crippen molar-refractivity contribution < 1.29 is 4.74 Å². The van der Waals surface area contributed by atoms with Gasteiger partial charge in [-0.25, -0.2) is 4.68 Å².